The third-order valence-electron chi connectivity index (χ3n) is 4.51. The van der Waals surface area contributed by atoms with Crippen LogP contribution in [0, 0.1) is 0 Å². The molecule has 0 bridgehead atoms. The molecule has 6 heteroatoms. The zero-order chi connectivity index (χ0) is 19.2. The number of benzene rings is 2. The summed E-state index contributed by atoms with van der Waals surface area (Å²) in [6.45, 7) is 3.44. The summed E-state index contributed by atoms with van der Waals surface area (Å²) in [6, 6.07) is 14.9. The molecule has 1 atom stereocenters. The van der Waals surface area contributed by atoms with Gasteiger partial charge in [0.2, 0.25) is 0 Å². The largest absolute Gasteiger partial charge is 0.375 e. The van der Waals surface area contributed by atoms with Gasteiger partial charge in [-0.1, -0.05) is 36.4 Å². The summed E-state index contributed by atoms with van der Waals surface area (Å²) in [6.07, 6.45) is 0.0272. The van der Waals surface area contributed by atoms with Gasteiger partial charge in [-0.25, -0.2) is 4.98 Å². The number of aromatic nitrogens is 1. The van der Waals surface area contributed by atoms with Crippen molar-refractivity contribution in [1.82, 2.24) is 15.2 Å². The Hall–Kier alpha value is -2.44. The van der Waals surface area contributed by atoms with Crippen molar-refractivity contribution >= 4 is 28.1 Å². The highest BCUT2D eigenvalue weighted by Gasteiger charge is 2.12. The summed E-state index contributed by atoms with van der Waals surface area (Å²) in [5.41, 5.74) is 2.25. The number of guanidine groups is 1. The number of methoxy groups -OCH3 is 1. The maximum absolute atomic E-state index is 5.34. The lowest BCUT2D eigenvalue weighted by atomic mass is 10.1. The van der Waals surface area contributed by atoms with E-state index in [1.54, 1.807) is 25.5 Å². The van der Waals surface area contributed by atoms with Gasteiger partial charge < -0.3 is 15.0 Å². The van der Waals surface area contributed by atoms with Crippen LogP contribution in [0.1, 0.15) is 29.3 Å². The molecule has 1 N–H and O–H groups in total. The highest BCUT2D eigenvalue weighted by molar-refractivity contribution is 7.09. The summed E-state index contributed by atoms with van der Waals surface area (Å²) in [7, 11) is 5.53. The van der Waals surface area contributed by atoms with Gasteiger partial charge in [0, 0.05) is 33.1 Å². The number of aliphatic imine (C=N–C) groups is 1. The first-order valence-electron chi connectivity index (χ1n) is 8.97. The standard InChI is InChI=1S/C21H26N4OS/c1-15(26-4)20-24-19(14-27-20)13-25(3)21(22-2)23-12-16-9-10-17-7-5-6-8-18(17)11-16/h5-11,14-15H,12-13H2,1-4H3,(H,22,23). The molecule has 0 fully saturated rings. The Labute approximate surface area is 164 Å². The number of nitrogens with one attached hydrogen (secondary N) is 1. The van der Waals surface area contributed by atoms with Gasteiger partial charge in [-0.15, -0.1) is 11.3 Å². The predicted octanol–water partition coefficient (Wildman–Crippen LogP) is 4.21. The Morgan fingerprint density at radius 1 is 1.26 bits per heavy atom. The maximum Gasteiger partial charge on any atom is 0.194 e. The van der Waals surface area contributed by atoms with Crippen LogP contribution in [0.4, 0.5) is 0 Å². The van der Waals surface area contributed by atoms with Gasteiger partial charge in [-0.3, -0.25) is 4.99 Å². The van der Waals surface area contributed by atoms with Crippen LogP contribution < -0.4 is 5.32 Å². The van der Waals surface area contributed by atoms with Crippen molar-refractivity contribution in [1.29, 1.82) is 0 Å². The maximum atomic E-state index is 5.34. The summed E-state index contributed by atoms with van der Waals surface area (Å²) in [5, 5.41) is 9.03. The smallest absolute Gasteiger partial charge is 0.194 e. The van der Waals surface area contributed by atoms with Crippen LogP contribution in [0.2, 0.25) is 0 Å². The zero-order valence-corrected chi connectivity index (χ0v) is 17.1. The second-order valence-corrected chi connectivity index (χ2v) is 7.38. The van der Waals surface area contributed by atoms with E-state index in [-0.39, 0.29) is 6.10 Å². The minimum atomic E-state index is 0.0272. The SMILES string of the molecule is CN=C(NCc1ccc2ccccc2c1)N(C)Cc1csc(C(C)OC)n1. The van der Waals surface area contributed by atoms with Gasteiger partial charge in [0.25, 0.3) is 0 Å². The second kappa shape index (κ2) is 8.97. The van der Waals surface area contributed by atoms with Gasteiger partial charge >= 0.3 is 0 Å². The minimum Gasteiger partial charge on any atom is -0.375 e. The number of ether oxygens (including phenoxy) is 1. The summed E-state index contributed by atoms with van der Waals surface area (Å²) in [4.78, 5) is 11.1. The molecule has 3 rings (SSSR count). The second-order valence-electron chi connectivity index (χ2n) is 6.49. The summed E-state index contributed by atoms with van der Waals surface area (Å²) >= 11 is 1.63. The molecule has 142 valence electrons. The lowest BCUT2D eigenvalue weighted by molar-refractivity contribution is 0.119. The molecule has 3 aromatic rings. The van der Waals surface area contributed by atoms with Crippen molar-refractivity contribution in [2.45, 2.75) is 26.1 Å². The number of rotatable bonds is 6. The fourth-order valence-electron chi connectivity index (χ4n) is 2.92. The molecule has 1 heterocycles. The Balaban J connectivity index is 1.61. The van der Waals surface area contributed by atoms with Gasteiger partial charge in [0.1, 0.15) is 11.1 Å². The molecule has 0 aliphatic heterocycles. The van der Waals surface area contributed by atoms with E-state index in [2.05, 4.69) is 68.0 Å². The molecule has 0 amide bonds. The van der Waals surface area contributed by atoms with E-state index in [1.165, 1.54) is 16.3 Å². The summed E-state index contributed by atoms with van der Waals surface area (Å²) in [5.74, 6) is 0.845. The Bertz CT molecular complexity index is 921. The van der Waals surface area contributed by atoms with E-state index >= 15 is 0 Å². The van der Waals surface area contributed by atoms with Crippen molar-refractivity contribution < 1.29 is 4.74 Å². The Morgan fingerprint density at radius 2 is 2.04 bits per heavy atom. The van der Waals surface area contributed by atoms with Crippen LogP contribution in [0.25, 0.3) is 10.8 Å². The molecule has 2 aromatic carbocycles. The highest BCUT2D eigenvalue weighted by atomic mass is 32.1. The molecule has 0 radical (unpaired) electrons. The highest BCUT2D eigenvalue weighted by Crippen LogP contribution is 2.21. The quantitative estimate of drug-likeness (QED) is 0.512. The molecule has 5 nitrogen and oxygen atoms in total. The van der Waals surface area contributed by atoms with Crippen molar-refractivity contribution in [2.24, 2.45) is 4.99 Å². The molecule has 0 aliphatic rings. The topological polar surface area (TPSA) is 49.8 Å². The number of fused-ring (bicyclic) bond motifs is 1. The number of thiazole rings is 1. The van der Waals surface area contributed by atoms with Crippen LogP contribution in [0.3, 0.4) is 0 Å². The zero-order valence-electron chi connectivity index (χ0n) is 16.3. The van der Waals surface area contributed by atoms with E-state index in [0.29, 0.717) is 6.54 Å². The summed E-state index contributed by atoms with van der Waals surface area (Å²) < 4.78 is 5.34. The third kappa shape index (κ3) is 4.84. The van der Waals surface area contributed by atoms with E-state index in [1.807, 2.05) is 14.0 Å². The van der Waals surface area contributed by atoms with Gasteiger partial charge in [-0.05, 0) is 29.3 Å². The fraction of sp³-hybridized carbons (Fsp3) is 0.333. The predicted molar refractivity (Wildman–Crippen MR) is 113 cm³/mol. The molecular formula is C21H26N4OS. The molecule has 0 aliphatic carbocycles. The van der Waals surface area contributed by atoms with Crippen molar-refractivity contribution in [2.75, 3.05) is 21.2 Å². The van der Waals surface area contributed by atoms with E-state index in [9.17, 15) is 0 Å². The number of hydrogen-bond donors (Lipinski definition) is 1. The minimum absolute atomic E-state index is 0.0272. The average molecular weight is 383 g/mol. The van der Waals surface area contributed by atoms with Crippen molar-refractivity contribution in [3.63, 3.8) is 0 Å². The normalized spacial score (nSPS) is 13.0. The number of hydrogen-bond acceptors (Lipinski definition) is 4. The average Bonchev–Trinajstić information content (AvgIpc) is 3.16. The van der Waals surface area contributed by atoms with Crippen LogP contribution in [0.15, 0.2) is 52.8 Å². The lowest BCUT2D eigenvalue weighted by Crippen LogP contribution is -2.38. The van der Waals surface area contributed by atoms with Crippen molar-refractivity contribution in [3.05, 3.63) is 64.1 Å². The Kier molecular flexibility index (Phi) is 6.42. The van der Waals surface area contributed by atoms with Gasteiger partial charge in [-0.2, -0.15) is 0 Å². The van der Waals surface area contributed by atoms with E-state index in [4.69, 9.17) is 4.74 Å². The molecule has 27 heavy (non-hydrogen) atoms. The Morgan fingerprint density at radius 3 is 2.78 bits per heavy atom. The molecule has 0 spiro atoms. The van der Waals surface area contributed by atoms with Gasteiger partial charge in [0.05, 0.1) is 12.2 Å². The molecular weight excluding hydrogens is 356 g/mol. The first-order valence-corrected chi connectivity index (χ1v) is 9.85. The van der Waals surface area contributed by atoms with E-state index < -0.39 is 0 Å². The third-order valence-corrected chi connectivity index (χ3v) is 5.56. The van der Waals surface area contributed by atoms with Crippen LogP contribution in [-0.2, 0) is 17.8 Å². The fourth-order valence-corrected chi connectivity index (χ4v) is 3.76. The number of nitrogens with zero attached hydrogens (tertiary/aromatic N) is 3. The molecule has 0 saturated heterocycles. The van der Waals surface area contributed by atoms with E-state index in [0.717, 1.165) is 23.2 Å². The van der Waals surface area contributed by atoms with Crippen molar-refractivity contribution in [3.8, 4) is 0 Å². The van der Waals surface area contributed by atoms with Crippen LogP contribution >= 0.6 is 11.3 Å². The molecule has 0 saturated carbocycles. The van der Waals surface area contributed by atoms with Crippen LogP contribution in [0.5, 0.6) is 0 Å². The molecule has 1 unspecified atom stereocenters. The first-order chi connectivity index (χ1) is 13.1. The first kappa shape index (κ1) is 19.3. The molecule has 1 aromatic heterocycles. The lowest BCUT2D eigenvalue weighted by Gasteiger charge is -2.21. The van der Waals surface area contributed by atoms with Gasteiger partial charge in [0.15, 0.2) is 5.96 Å². The monoisotopic (exact) mass is 382 g/mol. The van der Waals surface area contributed by atoms with Crippen LogP contribution in [-0.4, -0.2) is 37.0 Å².